The number of nitrogens with one attached hydrogen (secondary N) is 1. The maximum Gasteiger partial charge on any atom is 0.224 e. The van der Waals surface area contributed by atoms with Crippen molar-refractivity contribution in [1.29, 1.82) is 0 Å². The number of hydrogen-bond acceptors (Lipinski definition) is 2. The quantitative estimate of drug-likeness (QED) is 0.927. The van der Waals surface area contributed by atoms with Gasteiger partial charge in [-0.15, -0.1) is 0 Å². The van der Waals surface area contributed by atoms with Gasteiger partial charge in [-0.1, -0.05) is 29.3 Å². The molecule has 104 valence electrons. The van der Waals surface area contributed by atoms with E-state index in [4.69, 9.17) is 27.9 Å². The highest BCUT2D eigenvalue weighted by atomic mass is 35.5. The molecule has 1 aliphatic rings. The minimum atomic E-state index is -0.0265. The molecule has 1 N–H and O–H groups in total. The average molecular weight is 302 g/mol. The molecule has 0 saturated carbocycles. The first-order valence-corrected chi connectivity index (χ1v) is 7.17. The third kappa shape index (κ3) is 4.10. The van der Waals surface area contributed by atoms with Crippen LogP contribution in [-0.2, 0) is 16.0 Å². The maximum absolute atomic E-state index is 11.9. The van der Waals surface area contributed by atoms with Crippen LogP contribution < -0.4 is 5.32 Å². The fourth-order valence-electron chi connectivity index (χ4n) is 2.23. The van der Waals surface area contributed by atoms with Crippen molar-refractivity contribution in [1.82, 2.24) is 5.32 Å². The highest BCUT2D eigenvalue weighted by Crippen LogP contribution is 2.23. The van der Waals surface area contributed by atoms with Crippen molar-refractivity contribution < 1.29 is 9.53 Å². The molecule has 0 aromatic heterocycles. The summed E-state index contributed by atoms with van der Waals surface area (Å²) >= 11 is 11.8. The van der Waals surface area contributed by atoms with E-state index in [-0.39, 0.29) is 18.1 Å². The average Bonchev–Trinajstić information content (AvgIpc) is 2.87. The van der Waals surface area contributed by atoms with Gasteiger partial charge in [-0.3, -0.25) is 4.79 Å². The van der Waals surface area contributed by atoms with E-state index in [1.807, 2.05) is 13.0 Å². The summed E-state index contributed by atoms with van der Waals surface area (Å²) in [4.78, 5) is 11.9. The molecule has 2 atom stereocenters. The molecule has 0 spiro atoms. The van der Waals surface area contributed by atoms with Gasteiger partial charge < -0.3 is 10.1 Å². The number of rotatable bonds is 4. The number of carbonyl (C=O) groups is 1. The molecule has 1 aromatic carbocycles. The molecular formula is C14H17Cl2NO2. The zero-order valence-electron chi connectivity index (χ0n) is 10.8. The summed E-state index contributed by atoms with van der Waals surface area (Å²) in [5, 5.41) is 3.93. The molecule has 1 saturated heterocycles. The van der Waals surface area contributed by atoms with Crippen molar-refractivity contribution in [3.8, 4) is 0 Å². The zero-order valence-corrected chi connectivity index (χ0v) is 12.3. The molecule has 1 amide bonds. The molecule has 1 aromatic rings. The Bertz CT molecular complexity index is 459. The van der Waals surface area contributed by atoms with Gasteiger partial charge in [0.25, 0.3) is 0 Å². The number of ether oxygens (including phenoxy) is 1. The number of benzene rings is 1. The predicted octanol–water partition coefficient (Wildman–Crippen LogP) is 3.22. The van der Waals surface area contributed by atoms with E-state index in [0.29, 0.717) is 16.5 Å². The third-order valence-corrected chi connectivity index (χ3v) is 4.00. The van der Waals surface area contributed by atoms with Crippen LogP contribution in [0.1, 0.15) is 25.3 Å². The first kappa shape index (κ1) is 14.6. The molecule has 5 heteroatoms. The molecule has 0 radical (unpaired) electrons. The van der Waals surface area contributed by atoms with Crippen molar-refractivity contribution in [3.05, 3.63) is 33.8 Å². The minimum Gasteiger partial charge on any atom is -0.376 e. The lowest BCUT2D eigenvalue weighted by Gasteiger charge is -2.20. The zero-order chi connectivity index (χ0) is 13.8. The van der Waals surface area contributed by atoms with E-state index in [9.17, 15) is 4.79 Å². The van der Waals surface area contributed by atoms with Gasteiger partial charge in [0.05, 0.1) is 28.6 Å². The number of amides is 1. The van der Waals surface area contributed by atoms with Gasteiger partial charge in [0, 0.05) is 6.61 Å². The molecule has 1 heterocycles. The van der Waals surface area contributed by atoms with Gasteiger partial charge in [-0.25, -0.2) is 0 Å². The summed E-state index contributed by atoms with van der Waals surface area (Å²) in [5.41, 5.74) is 0.853. The first-order chi connectivity index (χ1) is 9.06. The Balaban J connectivity index is 1.88. The van der Waals surface area contributed by atoms with Crippen LogP contribution in [0.5, 0.6) is 0 Å². The van der Waals surface area contributed by atoms with E-state index < -0.39 is 0 Å². The fourth-order valence-corrected chi connectivity index (χ4v) is 2.55. The summed E-state index contributed by atoms with van der Waals surface area (Å²) in [5.74, 6) is -0.0265. The summed E-state index contributed by atoms with van der Waals surface area (Å²) in [6.45, 7) is 2.76. The van der Waals surface area contributed by atoms with Gasteiger partial charge in [-0.05, 0) is 37.5 Å². The van der Waals surface area contributed by atoms with E-state index in [1.165, 1.54) is 0 Å². The molecule has 0 aliphatic carbocycles. The molecule has 1 aliphatic heterocycles. The molecule has 3 nitrogen and oxygen atoms in total. The summed E-state index contributed by atoms with van der Waals surface area (Å²) in [6, 6.07) is 5.28. The lowest BCUT2D eigenvalue weighted by atomic mass is 10.1. The topological polar surface area (TPSA) is 38.3 Å². The standard InChI is InChI=1S/C14H17Cl2NO2/c1-9(13-3-2-6-19-13)17-14(18)8-10-4-5-11(15)12(16)7-10/h4-5,7,9,13H,2-3,6,8H2,1H3,(H,17,18)/t9-,13-/m0/s1. The normalized spacial score (nSPS) is 20.3. The largest absolute Gasteiger partial charge is 0.376 e. The van der Waals surface area contributed by atoms with Crippen LogP contribution in [0.25, 0.3) is 0 Å². The summed E-state index contributed by atoms with van der Waals surface area (Å²) in [6.07, 6.45) is 2.51. The van der Waals surface area contributed by atoms with Gasteiger partial charge in [-0.2, -0.15) is 0 Å². The Morgan fingerprint density at radius 1 is 1.47 bits per heavy atom. The van der Waals surface area contributed by atoms with Crippen LogP contribution in [-0.4, -0.2) is 24.7 Å². The smallest absolute Gasteiger partial charge is 0.224 e. The molecule has 1 fully saturated rings. The predicted molar refractivity (Wildman–Crippen MR) is 76.7 cm³/mol. The van der Waals surface area contributed by atoms with Gasteiger partial charge in [0.15, 0.2) is 0 Å². The van der Waals surface area contributed by atoms with Crippen molar-refractivity contribution in [2.45, 2.75) is 38.3 Å². The summed E-state index contributed by atoms with van der Waals surface area (Å²) < 4.78 is 5.55. The lowest BCUT2D eigenvalue weighted by Crippen LogP contribution is -2.41. The molecule has 19 heavy (non-hydrogen) atoms. The van der Waals surface area contributed by atoms with Crippen molar-refractivity contribution in [2.24, 2.45) is 0 Å². The van der Waals surface area contributed by atoms with Crippen LogP contribution in [0.4, 0.5) is 0 Å². The lowest BCUT2D eigenvalue weighted by molar-refractivity contribution is -0.121. The monoisotopic (exact) mass is 301 g/mol. The van der Waals surface area contributed by atoms with Crippen molar-refractivity contribution in [3.63, 3.8) is 0 Å². The Labute approximate surface area is 123 Å². The van der Waals surface area contributed by atoms with E-state index in [0.717, 1.165) is 25.0 Å². The van der Waals surface area contributed by atoms with E-state index >= 15 is 0 Å². The van der Waals surface area contributed by atoms with Crippen molar-refractivity contribution >= 4 is 29.1 Å². The van der Waals surface area contributed by atoms with Crippen molar-refractivity contribution in [2.75, 3.05) is 6.61 Å². The van der Waals surface area contributed by atoms with Crippen LogP contribution >= 0.6 is 23.2 Å². The fraction of sp³-hybridized carbons (Fsp3) is 0.500. The van der Waals surface area contributed by atoms with Crippen LogP contribution in [0.3, 0.4) is 0 Å². The second-order valence-corrected chi connectivity index (χ2v) is 5.65. The van der Waals surface area contributed by atoms with Gasteiger partial charge >= 0.3 is 0 Å². The van der Waals surface area contributed by atoms with E-state index in [2.05, 4.69) is 5.32 Å². The Kier molecular flexibility index (Phi) is 5.08. The molecule has 2 rings (SSSR count). The highest BCUT2D eigenvalue weighted by molar-refractivity contribution is 6.42. The maximum atomic E-state index is 11.9. The van der Waals surface area contributed by atoms with Crippen LogP contribution in [0, 0.1) is 0 Å². The second kappa shape index (κ2) is 6.60. The Morgan fingerprint density at radius 2 is 2.26 bits per heavy atom. The summed E-state index contributed by atoms with van der Waals surface area (Å²) in [7, 11) is 0. The van der Waals surface area contributed by atoms with Crippen LogP contribution in [0.2, 0.25) is 10.0 Å². The number of hydrogen-bond donors (Lipinski definition) is 1. The second-order valence-electron chi connectivity index (χ2n) is 4.83. The Morgan fingerprint density at radius 3 is 2.89 bits per heavy atom. The number of halogens is 2. The molecule has 0 bridgehead atoms. The van der Waals surface area contributed by atoms with E-state index in [1.54, 1.807) is 12.1 Å². The molecular weight excluding hydrogens is 285 g/mol. The molecule has 0 unspecified atom stereocenters. The van der Waals surface area contributed by atoms with Crippen LogP contribution in [0.15, 0.2) is 18.2 Å². The Hall–Kier alpha value is -0.770. The first-order valence-electron chi connectivity index (χ1n) is 6.41. The SMILES string of the molecule is C[C@H](NC(=O)Cc1ccc(Cl)c(Cl)c1)[C@@H]1CCCO1. The van der Waals surface area contributed by atoms with Gasteiger partial charge in [0.2, 0.25) is 5.91 Å². The number of carbonyl (C=O) groups excluding carboxylic acids is 1. The van der Waals surface area contributed by atoms with Gasteiger partial charge in [0.1, 0.15) is 0 Å². The minimum absolute atomic E-state index is 0.0265. The third-order valence-electron chi connectivity index (χ3n) is 3.26. The highest BCUT2D eigenvalue weighted by Gasteiger charge is 2.23.